The highest BCUT2D eigenvalue weighted by Gasteiger charge is 2.21. The van der Waals surface area contributed by atoms with Crippen molar-refractivity contribution in [3.8, 4) is 0 Å². The van der Waals surface area contributed by atoms with Gasteiger partial charge >= 0.3 is 0 Å². The van der Waals surface area contributed by atoms with Gasteiger partial charge < -0.3 is 14.2 Å². The Bertz CT molecular complexity index is 2440. The van der Waals surface area contributed by atoms with E-state index in [9.17, 15) is 0 Å². The van der Waals surface area contributed by atoms with Crippen LogP contribution in [0.15, 0.2) is 174 Å². The van der Waals surface area contributed by atoms with Crippen LogP contribution >= 0.6 is 11.3 Å². The van der Waals surface area contributed by atoms with Gasteiger partial charge in [0.05, 0.1) is 11.1 Å². The van der Waals surface area contributed by atoms with Gasteiger partial charge in [-0.15, -0.1) is 11.3 Å². The topological polar surface area (TPSA) is 19.6 Å². The standard InChI is InChI=1S/C42H28N2OS/c1-4-13-29(14-5-1)43(33-23-25-35-34-19-10-11-22-40(34)46-41(35)28-33)32-24-26-38-36(27-32)42-37(20-12-21-39(42)45-38)44(30-15-6-2-7-16-30)31-17-8-3-9-18-31/h1-28H. The van der Waals surface area contributed by atoms with Gasteiger partial charge in [-0.25, -0.2) is 0 Å². The minimum atomic E-state index is 0.861. The average molecular weight is 609 g/mol. The molecule has 7 aromatic carbocycles. The molecule has 9 rings (SSSR count). The second kappa shape index (κ2) is 11.0. The van der Waals surface area contributed by atoms with Crippen LogP contribution in [0.25, 0.3) is 42.1 Å². The summed E-state index contributed by atoms with van der Waals surface area (Å²) in [5, 5.41) is 4.75. The van der Waals surface area contributed by atoms with Crippen LogP contribution in [-0.2, 0) is 0 Å². The van der Waals surface area contributed by atoms with Crippen molar-refractivity contribution < 1.29 is 4.42 Å². The van der Waals surface area contributed by atoms with Gasteiger partial charge in [0.15, 0.2) is 0 Å². The van der Waals surface area contributed by atoms with E-state index in [0.717, 1.165) is 56.1 Å². The second-order valence-corrected chi connectivity index (χ2v) is 12.5. The number of thiophene rings is 1. The molecular formula is C42H28N2OS. The lowest BCUT2D eigenvalue weighted by molar-refractivity contribution is 0.669. The van der Waals surface area contributed by atoms with E-state index in [-0.39, 0.29) is 0 Å². The minimum absolute atomic E-state index is 0.861. The predicted molar refractivity (Wildman–Crippen MR) is 196 cm³/mol. The van der Waals surface area contributed by atoms with Crippen LogP contribution < -0.4 is 9.80 Å². The first kappa shape index (κ1) is 26.6. The van der Waals surface area contributed by atoms with Gasteiger partial charge in [-0.2, -0.15) is 0 Å². The second-order valence-electron chi connectivity index (χ2n) is 11.4. The van der Waals surface area contributed by atoms with Gasteiger partial charge in [0.2, 0.25) is 0 Å². The van der Waals surface area contributed by atoms with E-state index >= 15 is 0 Å². The Balaban J connectivity index is 1.26. The number of hydrogen-bond donors (Lipinski definition) is 0. The van der Waals surface area contributed by atoms with Crippen LogP contribution in [-0.4, -0.2) is 0 Å². The molecule has 0 unspecified atom stereocenters. The molecule has 3 nitrogen and oxygen atoms in total. The van der Waals surface area contributed by atoms with Gasteiger partial charge in [0.1, 0.15) is 11.2 Å². The Morgan fingerprint density at radius 3 is 1.67 bits per heavy atom. The average Bonchev–Trinajstić information content (AvgIpc) is 3.68. The molecule has 0 radical (unpaired) electrons. The Kier molecular flexibility index (Phi) is 6.32. The summed E-state index contributed by atoms with van der Waals surface area (Å²) in [6.45, 7) is 0. The largest absolute Gasteiger partial charge is 0.456 e. The summed E-state index contributed by atoms with van der Waals surface area (Å²) in [5.74, 6) is 0. The highest BCUT2D eigenvalue weighted by molar-refractivity contribution is 7.25. The third-order valence-electron chi connectivity index (χ3n) is 8.62. The molecule has 2 aromatic heterocycles. The van der Waals surface area contributed by atoms with Crippen LogP contribution in [0.1, 0.15) is 0 Å². The van der Waals surface area contributed by atoms with Crippen LogP contribution in [0, 0.1) is 0 Å². The number of para-hydroxylation sites is 3. The maximum atomic E-state index is 6.51. The molecule has 0 spiro atoms. The van der Waals surface area contributed by atoms with Crippen LogP contribution in [0.5, 0.6) is 0 Å². The van der Waals surface area contributed by atoms with Crippen molar-refractivity contribution in [2.45, 2.75) is 0 Å². The Hall–Kier alpha value is -5.84. The lowest BCUT2D eigenvalue weighted by Gasteiger charge is -2.27. The van der Waals surface area contributed by atoms with Crippen molar-refractivity contribution in [1.82, 2.24) is 0 Å². The van der Waals surface area contributed by atoms with E-state index in [4.69, 9.17) is 4.42 Å². The maximum Gasteiger partial charge on any atom is 0.137 e. The van der Waals surface area contributed by atoms with Gasteiger partial charge in [-0.1, -0.05) is 84.9 Å². The molecule has 0 bridgehead atoms. The SMILES string of the molecule is c1ccc(N(c2ccc3c(c2)sc2ccccc23)c2ccc3oc4cccc(N(c5ccccc5)c5ccccc5)c4c3c2)cc1. The third-order valence-corrected chi connectivity index (χ3v) is 9.75. The lowest BCUT2D eigenvalue weighted by atomic mass is 10.1. The van der Waals surface area contributed by atoms with Gasteiger partial charge in [0, 0.05) is 54.0 Å². The van der Waals surface area contributed by atoms with Crippen molar-refractivity contribution in [2.75, 3.05) is 9.80 Å². The van der Waals surface area contributed by atoms with Crippen molar-refractivity contribution in [3.05, 3.63) is 170 Å². The zero-order valence-corrected chi connectivity index (χ0v) is 25.7. The first-order valence-corrected chi connectivity index (χ1v) is 16.3. The molecule has 0 atom stereocenters. The van der Waals surface area contributed by atoms with Crippen molar-refractivity contribution in [3.63, 3.8) is 0 Å². The predicted octanol–water partition coefficient (Wildman–Crippen LogP) is 12.9. The van der Waals surface area contributed by atoms with Crippen LogP contribution in [0.4, 0.5) is 34.1 Å². The number of anilines is 6. The van der Waals surface area contributed by atoms with Gasteiger partial charge in [0.25, 0.3) is 0 Å². The fourth-order valence-corrected chi connectivity index (χ4v) is 7.72. The van der Waals surface area contributed by atoms with Crippen LogP contribution in [0.2, 0.25) is 0 Å². The Morgan fingerprint density at radius 2 is 0.957 bits per heavy atom. The summed E-state index contributed by atoms with van der Waals surface area (Å²) in [7, 11) is 0. The molecule has 46 heavy (non-hydrogen) atoms. The van der Waals surface area contributed by atoms with E-state index in [0.29, 0.717) is 0 Å². The highest BCUT2D eigenvalue weighted by Crippen LogP contribution is 2.45. The van der Waals surface area contributed by atoms with E-state index in [1.807, 2.05) is 11.3 Å². The fraction of sp³-hybridized carbons (Fsp3) is 0. The summed E-state index contributed by atoms with van der Waals surface area (Å²) in [6.07, 6.45) is 0. The number of rotatable bonds is 6. The van der Waals surface area contributed by atoms with Crippen molar-refractivity contribution in [2.24, 2.45) is 0 Å². The van der Waals surface area contributed by atoms with E-state index in [1.54, 1.807) is 0 Å². The summed E-state index contributed by atoms with van der Waals surface area (Å²) < 4.78 is 9.09. The number of fused-ring (bicyclic) bond motifs is 6. The first-order chi connectivity index (χ1) is 22.8. The Morgan fingerprint density at radius 1 is 0.370 bits per heavy atom. The lowest BCUT2D eigenvalue weighted by Crippen LogP contribution is -2.10. The van der Waals surface area contributed by atoms with E-state index in [2.05, 4.69) is 180 Å². The third kappa shape index (κ3) is 4.42. The quantitative estimate of drug-likeness (QED) is 0.187. The molecule has 0 fully saturated rings. The first-order valence-electron chi connectivity index (χ1n) is 15.4. The number of benzene rings is 7. The number of hydrogen-bond acceptors (Lipinski definition) is 4. The molecule has 0 aliphatic rings. The summed E-state index contributed by atoms with van der Waals surface area (Å²) in [6, 6.07) is 60.0. The molecule has 0 N–H and O–H groups in total. The normalized spacial score (nSPS) is 11.5. The monoisotopic (exact) mass is 608 g/mol. The van der Waals surface area contributed by atoms with E-state index < -0.39 is 0 Å². The minimum Gasteiger partial charge on any atom is -0.456 e. The van der Waals surface area contributed by atoms with Crippen molar-refractivity contribution >= 4 is 87.6 Å². The Labute approximate surface area is 270 Å². The number of furan rings is 1. The molecule has 2 heterocycles. The molecular weight excluding hydrogens is 581 g/mol. The number of nitrogens with zero attached hydrogens (tertiary/aromatic N) is 2. The van der Waals surface area contributed by atoms with E-state index in [1.165, 1.54) is 20.2 Å². The van der Waals surface area contributed by atoms with Gasteiger partial charge in [-0.05, 0) is 84.9 Å². The molecule has 9 aromatic rings. The molecule has 0 saturated carbocycles. The molecule has 0 aliphatic carbocycles. The van der Waals surface area contributed by atoms with Crippen molar-refractivity contribution in [1.29, 1.82) is 0 Å². The molecule has 4 heteroatoms. The molecule has 0 saturated heterocycles. The van der Waals surface area contributed by atoms with Gasteiger partial charge in [-0.3, -0.25) is 0 Å². The molecule has 218 valence electrons. The highest BCUT2D eigenvalue weighted by atomic mass is 32.1. The smallest absolute Gasteiger partial charge is 0.137 e. The fourth-order valence-electron chi connectivity index (χ4n) is 6.58. The summed E-state index contributed by atoms with van der Waals surface area (Å²) in [5.41, 5.74) is 8.27. The summed E-state index contributed by atoms with van der Waals surface area (Å²) in [4.78, 5) is 4.66. The zero-order valence-electron chi connectivity index (χ0n) is 24.9. The van der Waals surface area contributed by atoms with Crippen LogP contribution in [0.3, 0.4) is 0 Å². The maximum absolute atomic E-state index is 6.51. The zero-order chi connectivity index (χ0) is 30.5. The molecule has 0 amide bonds. The summed E-state index contributed by atoms with van der Waals surface area (Å²) >= 11 is 1.84. The molecule has 0 aliphatic heterocycles.